The molecular weight excluding hydrogens is 356 g/mol. The average Bonchev–Trinajstić information content (AvgIpc) is 3.20. The lowest BCUT2D eigenvalue weighted by molar-refractivity contribution is -0.121. The molecule has 0 saturated carbocycles. The third-order valence-electron chi connectivity index (χ3n) is 4.30. The van der Waals surface area contributed by atoms with Gasteiger partial charge in [-0.15, -0.1) is 0 Å². The third-order valence-corrected chi connectivity index (χ3v) is 4.30. The number of aromatic nitrogens is 2. The summed E-state index contributed by atoms with van der Waals surface area (Å²) in [5.41, 5.74) is 2.96. The minimum atomic E-state index is -0.0714. The van der Waals surface area contributed by atoms with Crippen LogP contribution in [0.3, 0.4) is 0 Å². The Labute approximate surface area is 164 Å². The van der Waals surface area contributed by atoms with Gasteiger partial charge < -0.3 is 19.5 Å². The maximum absolute atomic E-state index is 12.1. The molecule has 0 aliphatic rings. The van der Waals surface area contributed by atoms with Crippen LogP contribution in [0.25, 0.3) is 11.4 Å². The van der Waals surface area contributed by atoms with Crippen molar-refractivity contribution >= 4 is 11.6 Å². The zero-order chi connectivity index (χ0) is 19.9. The second-order valence-electron chi connectivity index (χ2n) is 6.58. The molecule has 0 spiro atoms. The average molecular weight is 380 g/mol. The Bertz CT molecular complexity index is 919. The van der Waals surface area contributed by atoms with Gasteiger partial charge in [0.25, 0.3) is 0 Å². The molecule has 7 nitrogen and oxygen atoms in total. The summed E-state index contributed by atoms with van der Waals surface area (Å²) in [5.74, 6) is 1.67. The van der Waals surface area contributed by atoms with Gasteiger partial charge in [-0.05, 0) is 42.0 Å². The number of aryl methyl sites for hydroxylation is 1. The number of carbonyl (C=O) groups is 1. The molecule has 2 aromatic carbocycles. The molecule has 0 fully saturated rings. The number of nitrogens with one attached hydrogen (secondary N) is 1. The van der Waals surface area contributed by atoms with Crippen molar-refractivity contribution in [1.82, 2.24) is 15.5 Å². The quantitative estimate of drug-likeness (QED) is 0.647. The van der Waals surface area contributed by atoms with E-state index in [0.29, 0.717) is 24.7 Å². The first kappa shape index (κ1) is 19.4. The van der Waals surface area contributed by atoms with Gasteiger partial charge in [0.1, 0.15) is 5.75 Å². The first-order chi connectivity index (χ1) is 13.5. The van der Waals surface area contributed by atoms with E-state index in [-0.39, 0.29) is 12.3 Å². The second-order valence-corrected chi connectivity index (χ2v) is 6.58. The van der Waals surface area contributed by atoms with Crippen molar-refractivity contribution in [3.05, 3.63) is 60.0 Å². The van der Waals surface area contributed by atoms with E-state index in [1.807, 2.05) is 67.5 Å². The van der Waals surface area contributed by atoms with Crippen LogP contribution in [0.15, 0.2) is 53.1 Å². The van der Waals surface area contributed by atoms with Gasteiger partial charge in [-0.1, -0.05) is 17.3 Å². The van der Waals surface area contributed by atoms with Crippen LogP contribution >= 0.6 is 0 Å². The van der Waals surface area contributed by atoms with Gasteiger partial charge in [0, 0.05) is 44.7 Å². The molecular formula is C21H24N4O3. The summed E-state index contributed by atoms with van der Waals surface area (Å²) in [6, 6.07) is 15.5. The normalized spacial score (nSPS) is 10.5. The zero-order valence-electron chi connectivity index (χ0n) is 16.3. The van der Waals surface area contributed by atoms with E-state index < -0.39 is 0 Å². The Kier molecular flexibility index (Phi) is 6.26. The Morgan fingerprint density at radius 3 is 2.68 bits per heavy atom. The number of methoxy groups -OCH3 is 1. The summed E-state index contributed by atoms with van der Waals surface area (Å²) in [6.07, 6.45) is 0.678. The molecule has 3 aromatic rings. The first-order valence-corrected chi connectivity index (χ1v) is 9.05. The molecule has 3 rings (SSSR count). The fraction of sp³-hybridized carbons (Fsp3) is 0.286. The topological polar surface area (TPSA) is 80.5 Å². The van der Waals surface area contributed by atoms with Crippen molar-refractivity contribution in [2.75, 3.05) is 26.1 Å². The first-order valence-electron chi connectivity index (χ1n) is 9.05. The molecule has 1 N–H and O–H groups in total. The number of nitrogens with zero attached hydrogens (tertiary/aromatic N) is 3. The van der Waals surface area contributed by atoms with Gasteiger partial charge in [0.05, 0.1) is 7.11 Å². The lowest BCUT2D eigenvalue weighted by Crippen LogP contribution is -2.23. The van der Waals surface area contributed by atoms with Gasteiger partial charge in [0.2, 0.25) is 17.6 Å². The van der Waals surface area contributed by atoms with E-state index in [0.717, 1.165) is 22.6 Å². The lowest BCUT2D eigenvalue weighted by atomic mass is 10.2. The summed E-state index contributed by atoms with van der Waals surface area (Å²) >= 11 is 0. The molecule has 0 saturated heterocycles. The standard InChI is InChI=1S/C21H24N4O3/c1-25(2)17-9-7-16(8-10-17)21-23-20(28-24-21)12-11-19(26)22-14-15-5-4-6-18(13-15)27-3/h4-10,13H,11-12,14H2,1-3H3,(H,22,26). The van der Waals surface area contributed by atoms with Crippen molar-refractivity contribution in [2.45, 2.75) is 19.4 Å². The molecule has 0 unspecified atom stereocenters. The minimum absolute atomic E-state index is 0.0714. The van der Waals surface area contributed by atoms with Gasteiger partial charge in [-0.3, -0.25) is 4.79 Å². The number of hydrogen-bond donors (Lipinski definition) is 1. The Morgan fingerprint density at radius 2 is 1.96 bits per heavy atom. The van der Waals surface area contributed by atoms with Crippen LogP contribution in [-0.4, -0.2) is 37.3 Å². The van der Waals surface area contributed by atoms with E-state index in [1.54, 1.807) is 7.11 Å². The van der Waals surface area contributed by atoms with Crippen LogP contribution in [0.4, 0.5) is 5.69 Å². The molecule has 146 valence electrons. The molecule has 0 bridgehead atoms. The highest BCUT2D eigenvalue weighted by Crippen LogP contribution is 2.20. The van der Waals surface area contributed by atoms with Gasteiger partial charge in [-0.2, -0.15) is 4.98 Å². The Morgan fingerprint density at radius 1 is 1.18 bits per heavy atom. The number of anilines is 1. The highest BCUT2D eigenvalue weighted by atomic mass is 16.5. The van der Waals surface area contributed by atoms with Crippen LogP contribution in [0.5, 0.6) is 5.75 Å². The van der Waals surface area contributed by atoms with E-state index in [1.165, 1.54) is 0 Å². The van der Waals surface area contributed by atoms with E-state index in [2.05, 4.69) is 15.5 Å². The molecule has 0 aliphatic heterocycles. The fourth-order valence-corrected chi connectivity index (χ4v) is 2.67. The number of amides is 1. The summed E-state index contributed by atoms with van der Waals surface area (Å²) in [6.45, 7) is 0.448. The molecule has 0 atom stereocenters. The maximum atomic E-state index is 12.1. The lowest BCUT2D eigenvalue weighted by Gasteiger charge is -2.11. The van der Waals surface area contributed by atoms with Crippen molar-refractivity contribution in [1.29, 1.82) is 0 Å². The van der Waals surface area contributed by atoms with Gasteiger partial charge in [-0.25, -0.2) is 0 Å². The molecule has 1 aromatic heterocycles. The largest absolute Gasteiger partial charge is 0.497 e. The molecule has 28 heavy (non-hydrogen) atoms. The van der Waals surface area contributed by atoms with Crippen LogP contribution < -0.4 is 15.0 Å². The van der Waals surface area contributed by atoms with Gasteiger partial charge >= 0.3 is 0 Å². The highest BCUT2D eigenvalue weighted by molar-refractivity contribution is 5.76. The molecule has 0 aliphatic carbocycles. The fourth-order valence-electron chi connectivity index (χ4n) is 2.67. The van der Waals surface area contributed by atoms with Crippen molar-refractivity contribution in [2.24, 2.45) is 0 Å². The predicted octanol–water partition coefficient (Wildman–Crippen LogP) is 3.06. The number of hydrogen-bond acceptors (Lipinski definition) is 6. The zero-order valence-corrected chi connectivity index (χ0v) is 16.3. The van der Waals surface area contributed by atoms with Crippen LogP contribution in [0.2, 0.25) is 0 Å². The van der Waals surface area contributed by atoms with Gasteiger partial charge in [0.15, 0.2) is 0 Å². The van der Waals surface area contributed by atoms with E-state index in [4.69, 9.17) is 9.26 Å². The summed E-state index contributed by atoms with van der Waals surface area (Å²) in [4.78, 5) is 18.5. The SMILES string of the molecule is COc1cccc(CNC(=O)CCc2nc(-c3ccc(N(C)C)cc3)no2)c1. The maximum Gasteiger partial charge on any atom is 0.227 e. The molecule has 0 radical (unpaired) electrons. The van der Waals surface area contributed by atoms with Crippen LogP contribution in [-0.2, 0) is 17.8 Å². The van der Waals surface area contributed by atoms with E-state index in [9.17, 15) is 4.79 Å². The van der Waals surface area contributed by atoms with E-state index >= 15 is 0 Å². The Balaban J connectivity index is 1.50. The smallest absolute Gasteiger partial charge is 0.227 e. The number of rotatable bonds is 8. The van der Waals surface area contributed by atoms with Crippen molar-refractivity contribution in [3.8, 4) is 17.1 Å². The second kappa shape index (κ2) is 9.03. The third kappa shape index (κ3) is 5.09. The predicted molar refractivity (Wildman–Crippen MR) is 107 cm³/mol. The van der Waals surface area contributed by atoms with Crippen LogP contribution in [0.1, 0.15) is 17.9 Å². The van der Waals surface area contributed by atoms with Crippen molar-refractivity contribution < 1.29 is 14.1 Å². The summed E-state index contributed by atoms with van der Waals surface area (Å²) < 4.78 is 10.5. The highest BCUT2D eigenvalue weighted by Gasteiger charge is 2.11. The summed E-state index contributed by atoms with van der Waals surface area (Å²) in [7, 11) is 5.59. The minimum Gasteiger partial charge on any atom is -0.497 e. The molecule has 1 heterocycles. The monoisotopic (exact) mass is 380 g/mol. The molecule has 1 amide bonds. The Hall–Kier alpha value is -3.35. The summed E-state index contributed by atoms with van der Waals surface area (Å²) in [5, 5.41) is 6.89. The van der Waals surface area contributed by atoms with Crippen LogP contribution in [0, 0.1) is 0 Å². The number of ether oxygens (including phenoxy) is 1. The number of carbonyl (C=O) groups excluding carboxylic acids is 1. The molecule has 7 heteroatoms. The number of benzene rings is 2. The van der Waals surface area contributed by atoms with Crippen molar-refractivity contribution in [3.63, 3.8) is 0 Å².